The van der Waals surface area contributed by atoms with Gasteiger partial charge in [0.25, 0.3) is 0 Å². The van der Waals surface area contributed by atoms with Gasteiger partial charge in [0, 0.05) is 30.1 Å². The van der Waals surface area contributed by atoms with E-state index in [-0.39, 0.29) is 32.0 Å². The highest BCUT2D eigenvalue weighted by Gasteiger charge is 2.33. The zero-order valence-corrected chi connectivity index (χ0v) is 23.9. The molecule has 230 valence electrons. The van der Waals surface area contributed by atoms with E-state index in [4.69, 9.17) is 25.8 Å². The van der Waals surface area contributed by atoms with Crippen LogP contribution in [0.5, 0.6) is 11.5 Å². The van der Waals surface area contributed by atoms with E-state index in [1.165, 1.54) is 17.0 Å². The van der Waals surface area contributed by atoms with Crippen LogP contribution in [0.2, 0.25) is 5.02 Å². The molecule has 14 heteroatoms. The zero-order chi connectivity index (χ0) is 31.2. The number of ether oxygens (including phenoxy) is 3. The molecule has 2 N–H and O–H groups in total. The van der Waals surface area contributed by atoms with Gasteiger partial charge < -0.3 is 29.5 Å². The Balaban J connectivity index is 1.63. The molecule has 1 fully saturated rings. The van der Waals surface area contributed by atoms with Crippen molar-refractivity contribution in [3.8, 4) is 11.5 Å². The molecule has 0 bridgehead atoms. The summed E-state index contributed by atoms with van der Waals surface area (Å²) in [5.41, 5.74) is -0.897. The van der Waals surface area contributed by atoms with E-state index < -0.39 is 83.7 Å². The summed E-state index contributed by atoms with van der Waals surface area (Å²) in [7, 11) is 0. The van der Waals surface area contributed by atoms with Crippen molar-refractivity contribution in [3.05, 3.63) is 58.6 Å². The SMILES string of the molecule is CC(C)(C)OC(=O)C[C@H](NC(=O)C1CCN(C(=O)Oc2ccc(Cl)cc2)CC1)C(O)COc1c(F)c(F)cc(F)c1F. The maximum Gasteiger partial charge on any atom is 0.415 e. The summed E-state index contributed by atoms with van der Waals surface area (Å²) in [6.07, 6.45) is -2.46. The highest BCUT2D eigenvalue weighted by Crippen LogP contribution is 2.27. The standard InChI is InChI=1S/C28H31ClF4N2O7/c1-28(2,3)42-22(37)13-20(21(36)14-40-25-23(32)18(30)12-19(31)24(25)33)34-26(38)15-8-10-35(11-9-15)27(39)41-17-6-4-16(29)5-7-17/h4-7,12,15,20-21,36H,8-11,13-14H2,1-3H3,(H,34,38)/t20-,21?/m0/s1. The van der Waals surface area contributed by atoms with E-state index in [0.29, 0.717) is 10.8 Å². The normalized spacial score (nSPS) is 15.5. The minimum absolute atomic E-state index is 0.00215. The number of esters is 1. The Hall–Kier alpha value is -3.58. The van der Waals surface area contributed by atoms with Crippen LogP contribution in [0.3, 0.4) is 0 Å². The molecule has 0 radical (unpaired) electrons. The van der Waals surface area contributed by atoms with Crippen molar-refractivity contribution < 1.29 is 51.3 Å². The van der Waals surface area contributed by atoms with Crippen LogP contribution in [-0.2, 0) is 14.3 Å². The number of rotatable bonds is 9. The number of carbonyl (C=O) groups is 3. The number of hydrogen-bond acceptors (Lipinski definition) is 7. The first kappa shape index (κ1) is 32.9. The van der Waals surface area contributed by atoms with Gasteiger partial charge in [-0.05, 0) is 57.9 Å². The predicted molar refractivity (Wildman–Crippen MR) is 142 cm³/mol. The highest BCUT2D eigenvalue weighted by molar-refractivity contribution is 6.30. The quantitative estimate of drug-likeness (QED) is 0.237. The second-order valence-corrected chi connectivity index (χ2v) is 11.1. The Bertz CT molecular complexity index is 1260. The van der Waals surface area contributed by atoms with E-state index in [2.05, 4.69) is 5.32 Å². The van der Waals surface area contributed by atoms with E-state index in [9.17, 15) is 37.1 Å². The average molecular weight is 619 g/mol. The van der Waals surface area contributed by atoms with Crippen LogP contribution in [-0.4, -0.2) is 65.4 Å². The van der Waals surface area contributed by atoms with Crippen LogP contribution in [0.25, 0.3) is 0 Å². The number of likely N-dealkylation sites (tertiary alicyclic amines) is 1. The Morgan fingerprint density at radius 2 is 1.62 bits per heavy atom. The largest absolute Gasteiger partial charge is 0.485 e. The minimum atomic E-state index is -1.81. The zero-order valence-electron chi connectivity index (χ0n) is 23.1. The number of aliphatic hydroxyl groups excluding tert-OH is 1. The molecular weight excluding hydrogens is 588 g/mol. The monoisotopic (exact) mass is 618 g/mol. The number of benzene rings is 2. The number of halogens is 5. The van der Waals surface area contributed by atoms with Crippen molar-refractivity contribution in [2.45, 2.75) is 57.8 Å². The molecule has 0 saturated carbocycles. The van der Waals surface area contributed by atoms with Crippen LogP contribution in [0.15, 0.2) is 30.3 Å². The fourth-order valence-electron chi connectivity index (χ4n) is 4.10. The van der Waals surface area contributed by atoms with Crippen molar-refractivity contribution in [3.63, 3.8) is 0 Å². The number of amides is 2. The summed E-state index contributed by atoms with van der Waals surface area (Å²) >= 11 is 5.83. The number of piperidine rings is 1. The number of nitrogens with zero attached hydrogens (tertiary/aromatic N) is 1. The molecule has 0 spiro atoms. The van der Waals surface area contributed by atoms with Crippen LogP contribution in [0.1, 0.15) is 40.0 Å². The summed E-state index contributed by atoms with van der Waals surface area (Å²) in [5, 5.41) is 13.7. The lowest BCUT2D eigenvalue weighted by atomic mass is 9.95. The molecule has 1 aliphatic heterocycles. The smallest absolute Gasteiger partial charge is 0.415 e. The molecule has 1 heterocycles. The summed E-state index contributed by atoms with van der Waals surface area (Å²) in [4.78, 5) is 39.4. The highest BCUT2D eigenvalue weighted by atomic mass is 35.5. The van der Waals surface area contributed by atoms with Crippen LogP contribution >= 0.6 is 11.6 Å². The molecular formula is C28H31ClF4N2O7. The third kappa shape index (κ3) is 9.21. The predicted octanol–water partition coefficient (Wildman–Crippen LogP) is 4.76. The Morgan fingerprint density at radius 3 is 2.17 bits per heavy atom. The molecule has 1 aliphatic rings. The molecule has 1 unspecified atom stereocenters. The summed E-state index contributed by atoms with van der Waals surface area (Å²) in [6, 6.07) is 4.85. The van der Waals surface area contributed by atoms with Crippen molar-refractivity contribution in [2.75, 3.05) is 19.7 Å². The van der Waals surface area contributed by atoms with Crippen LogP contribution in [0.4, 0.5) is 22.4 Å². The first-order valence-electron chi connectivity index (χ1n) is 13.0. The molecule has 2 aromatic carbocycles. The van der Waals surface area contributed by atoms with Gasteiger partial charge in [-0.15, -0.1) is 0 Å². The van der Waals surface area contributed by atoms with Crippen molar-refractivity contribution in [1.82, 2.24) is 10.2 Å². The number of hydrogen-bond donors (Lipinski definition) is 2. The number of aliphatic hydroxyl groups is 1. The van der Waals surface area contributed by atoms with Crippen molar-refractivity contribution in [2.24, 2.45) is 5.92 Å². The van der Waals surface area contributed by atoms with Gasteiger partial charge >= 0.3 is 12.1 Å². The fourth-order valence-corrected chi connectivity index (χ4v) is 4.23. The van der Waals surface area contributed by atoms with Crippen LogP contribution in [0, 0.1) is 29.2 Å². The van der Waals surface area contributed by atoms with E-state index in [0.717, 1.165) is 0 Å². The first-order valence-corrected chi connectivity index (χ1v) is 13.4. The molecule has 1 saturated heterocycles. The molecule has 0 aliphatic carbocycles. The molecule has 2 amide bonds. The first-order chi connectivity index (χ1) is 19.6. The third-order valence-corrected chi connectivity index (χ3v) is 6.46. The summed E-state index contributed by atoms with van der Waals surface area (Å²) in [5.74, 6) is -10.1. The second-order valence-electron chi connectivity index (χ2n) is 10.7. The fraction of sp³-hybridized carbons (Fsp3) is 0.464. The molecule has 2 aromatic rings. The van der Waals surface area contributed by atoms with Crippen molar-refractivity contribution >= 4 is 29.6 Å². The number of carbonyl (C=O) groups excluding carboxylic acids is 3. The topological polar surface area (TPSA) is 114 Å². The van der Waals surface area contributed by atoms with E-state index in [1.807, 2.05) is 0 Å². The second kappa shape index (κ2) is 14.1. The van der Waals surface area contributed by atoms with Gasteiger partial charge in [0.2, 0.25) is 17.5 Å². The lowest BCUT2D eigenvalue weighted by Gasteiger charge is -2.32. The lowest BCUT2D eigenvalue weighted by molar-refractivity contribution is -0.156. The van der Waals surface area contributed by atoms with Gasteiger partial charge in [-0.25, -0.2) is 13.6 Å². The Kier molecular flexibility index (Phi) is 11.0. The van der Waals surface area contributed by atoms with Gasteiger partial charge in [-0.1, -0.05) is 11.6 Å². The lowest BCUT2D eigenvalue weighted by Crippen LogP contribution is -2.51. The van der Waals surface area contributed by atoms with E-state index >= 15 is 0 Å². The van der Waals surface area contributed by atoms with Gasteiger partial charge in [0.05, 0.1) is 12.5 Å². The maximum atomic E-state index is 14.0. The van der Waals surface area contributed by atoms with Gasteiger partial charge in [0.1, 0.15) is 24.1 Å². The van der Waals surface area contributed by atoms with Gasteiger partial charge in [0.15, 0.2) is 17.4 Å². The minimum Gasteiger partial charge on any atom is -0.485 e. The molecule has 42 heavy (non-hydrogen) atoms. The Morgan fingerprint density at radius 1 is 1.05 bits per heavy atom. The van der Waals surface area contributed by atoms with Gasteiger partial charge in [-0.2, -0.15) is 8.78 Å². The average Bonchev–Trinajstić information content (AvgIpc) is 2.91. The van der Waals surface area contributed by atoms with E-state index in [1.54, 1.807) is 32.9 Å². The Labute approximate surface area is 244 Å². The molecule has 2 atom stereocenters. The molecule has 9 nitrogen and oxygen atoms in total. The van der Waals surface area contributed by atoms with Crippen LogP contribution < -0.4 is 14.8 Å². The third-order valence-electron chi connectivity index (χ3n) is 6.21. The van der Waals surface area contributed by atoms with Crippen molar-refractivity contribution in [1.29, 1.82) is 0 Å². The molecule has 0 aromatic heterocycles. The number of nitrogens with one attached hydrogen (secondary N) is 1. The summed E-state index contributed by atoms with van der Waals surface area (Å²) < 4.78 is 70.4. The molecule has 3 rings (SSSR count). The maximum absolute atomic E-state index is 14.0. The van der Waals surface area contributed by atoms with Gasteiger partial charge in [-0.3, -0.25) is 9.59 Å². The summed E-state index contributed by atoms with van der Waals surface area (Å²) in [6.45, 7) is 4.24.